The van der Waals surface area contributed by atoms with Crippen LogP contribution in [0.25, 0.3) is 5.69 Å². The van der Waals surface area contributed by atoms with Crippen molar-refractivity contribution in [3.8, 4) is 5.69 Å². The number of anilines is 1. The van der Waals surface area contributed by atoms with Crippen molar-refractivity contribution in [1.29, 1.82) is 0 Å². The van der Waals surface area contributed by atoms with Gasteiger partial charge in [-0.2, -0.15) is 5.10 Å². The van der Waals surface area contributed by atoms with Crippen LogP contribution in [0.5, 0.6) is 0 Å². The maximum Gasteiger partial charge on any atom is 0.226 e. The number of rotatable bonds is 6. The lowest BCUT2D eigenvalue weighted by molar-refractivity contribution is -0.135. The molecule has 0 aliphatic carbocycles. The fourth-order valence-electron chi connectivity index (χ4n) is 3.61. The van der Waals surface area contributed by atoms with E-state index in [0.29, 0.717) is 36.8 Å². The molecule has 172 valence electrons. The van der Waals surface area contributed by atoms with Gasteiger partial charge in [-0.05, 0) is 37.1 Å². The second kappa shape index (κ2) is 9.73. The summed E-state index contributed by atoms with van der Waals surface area (Å²) in [6.07, 6.45) is 1.31. The maximum absolute atomic E-state index is 12.6. The average molecular weight is 460 g/mol. The van der Waals surface area contributed by atoms with Crippen LogP contribution in [0.1, 0.15) is 52.1 Å². The van der Waals surface area contributed by atoms with Crippen molar-refractivity contribution in [2.24, 2.45) is 11.7 Å². The lowest BCUT2D eigenvalue weighted by atomic mass is 9.92. The highest BCUT2D eigenvalue weighted by Gasteiger charge is 2.26. The van der Waals surface area contributed by atoms with Crippen molar-refractivity contribution >= 4 is 35.1 Å². The molecule has 1 fully saturated rings. The quantitative estimate of drug-likeness (QED) is 0.690. The molecule has 0 atom stereocenters. The second-order valence-corrected chi connectivity index (χ2v) is 9.60. The number of piperidine rings is 1. The van der Waals surface area contributed by atoms with Crippen molar-refractivity contribution in [1.82, 2.24) is 14.7 Å². The topological polar surface area (TPSA) is 110 Å². The number of likely N-dealkylation sites (tertiary alicyclic amines) is 1. The van der Waals surface area contributed by atoms with Gasteiger partial charge < -0.3 is 16.0 Å². The summed E-state index contributed by atoms with van der Waals surface area (Å²) in [6, 6.07) is 9.04. The molecule has 1 aromatic carbocycles. The van der Waals surface area contributed by atoms with Gasteiger partial charge in [0.2, 0.25) is 17.7 Å². The molecule has 0 saturated carbocycles. The van der Waals surface area contributed by atoms with Gasteiger partial charge >= 0.3 is 0 Å². The summed E-state index contributed by atoms with van der Waals surface area (Å²) in [5.74, 6) is -0.307. The Balaban J connectivity index is 1.64. The van der Waals surface area contributed by atoms with E-state index in [0.717, 1.165) is 11.4 Å². The number of carbonyl (C=O) groups is 3. The lowest BCUT2D eigenvalue weighted by Crippen LogP contribution is -2.41. The molecular weight excluding hydrogens is 430 g/mol. The summed E-state index contributed by atoms with van der Waals surface area (Å²) in [7, 11) is 0. The van der Waals surface area contributed by atoms with Gasteiger partial charge in [0.05, 0.1) is 11.4 Å². The van der Waals surface area contributed by atoms with Crippen LogP contribution in [0, 0.1) is 5.92 Å². The predicted octanol–water partition coefficient (Wildman–Crippen LogP) is 3.27. The number of hydrogen-bond acceptors (Lipinski definition) is 4. The SMILES string of the molecule is CC(C)(C)c1cc(NC(=O)CCC(=O)N2CCC(C(N)=O)CC2)n(-c2ccc(Cl)cc2)n1. The molecule has 9 heteroatoms. The van der Waals surface area contributed by atoms with Gasteiger partial charge in [-0.3, -0.25) is 14.4 Å². The molecule has 32 heavy (non-hydrogen) atoms. The molecule has 2 aromatic rings. The molecule has 0 bridgehead atoms. The Bertz CT molecular complexity index is 986. The number of halogens is 1. The highest BCUT2D eigenvalue weighted by molar-refractivity contribution is 6.30. The Labute approximate surface area is 193 Å². The van der Waals surface area contributed by atoms with Crippen LogP contribution in [-0.4, -0.2) is 45.5 Å². The zero-order chi connectivity index (χ0) is 23.5. The lowest BCUT2D eigenvalue weighted by Gasteiger charge is -2.30. The predicted molar refractivity (Wildman–Crippen MR) is 124 cm³/mol. The number of primary amides is 1. The number of hydrogen-bond donors (Lipinski definition) is 2. The van der Waals surface area contributed by atoms with E-state index in [2.05, 4.69) is 10.4 Å². The number of aromatic nitrogens is 2. The molecule has 1 aromatic heterocycles. The van der Waals surface area contributed by atoms with Gasteiger partial charge in [-0.25, -0.2) is 4.68 Å². The van der Waals surface area contributed by atoms with Gasteiger partial charge in [0.1, 0.15) is 5.82 Å². The normalized spacial score (nSPS) is 14.9. The number of benzene rings is 1. The van der Waals surface area contributed by atoms with Gasteiger partial charge in [0.15, 0.2) is 0 Å². The molecule has 3 rings (SSSR count). The van der Waals surface area contributed by atoms with Crippen molar-refractivity contribution in [3.63, 3.8) is 0 Å². The van der Waals surface area contributed by atoms with E-state index >= 15 is 0 Å². The smallest absolute Gasteiger partial charge is 0.226 e. The van der Waals surface area contributed by atoms with Crippen molar-refractivity contribution in [3.05, 3.63) is 41.0 Å². The van der Waals surface area contributed by atoms with Gasteiger partial charge in [0.25, 0.3) is 0 Å². The van der Waals surface area contributed by atoms with E-state index in [1.807, 2.05) is 39.0 Å². The molecule has 0 unspecified atom stereocenters. The van der Waals surface area contributed by atoms with Gasteiger partial charge in [-0.15, -0.1) is 0 Å². The van der Waals surface area contributed by atoms with Crippen molar-refractivity contribution in [2.45, 2.75) is 51.9 Å². The summed E-state index contributed by atoms with van der Waals surface area (Å²) in [5.41, 5.74) is 6.74. The van der Waals surface area contributed by atoms with Crippen LogP contribution in [-0.2, 0) is 19.8 Å². The molecular formula is C23H30ClN5O3. The molecule has 3 amide bonds. The van der Waals surface area contributed by atoms with Crippen LogP contribution in [0.15, 0.2) is 30.3 Å². The van der Waals surface area contributed by atoms with Gasteiger partial charge in [-0.1, -0.05) is 32.4 Å². The monoisotopic (exact) mass is 459 g/mol. The molecule has 2 heterocycles. The van der Waals surface area contributed by atoms with E-state index in [1.165, 1.54) is 0 Å². The van der Waals surface area contributed by atoms with E-state index < -0.39 is 0 Å². The van der Waals surface area contributed by atoms with E-state index in [4.69, 9.17) is 17.3 Å². The van der Waals surface area contributed by atoms with E-state index in [1.54, 1.807) is 21.7 Å². The Hall–Kier alpha value is -2.87. The Morgan fingerprint density at radius 3 is 2.31 bits per heavy atom. The number of carbonyl (C=O) groups excluding carboxylic acids is 3. The first kappa shape index (κ1) is 23.8. The van der Waals surface area contributed by atoms with Crippen LogP contribution in [0.4, 0.5) is 5.82 Å². The number of nitrogens with two attached hydrogens (primary N) is 1. The highest BCUT2D eigenvalue weighted by atomic mass is 35.5. The third-order valence-corrected chi connectivity index (χ3v) is 5.88. The van der Waals surface area contributed by atoms with Crippen LogP contribution >= 0.6 is 11.6 Å². The summed E-state index contributed by atoms with van der Waals surface area (Å²) >= 11 is 6.00. The van der Waals surface area contributed by atoms with Gasteiger partial charge in [0, 0.05) is 48.4 Å². The second-order valence-electron chi connectivity index (χ2n) is 9.16. The molecule has 1 aliphatic rings. The van der Waals surface area contributed by atoms with E-state index in [-0.39, 0.29) is 41.9 Å². The first-order chi connectivity index (χ1) is 15.0. The largest absolute Gasteiger partial charge is 0.369 e. The third-order valence-electron chi connectivity index (χ3n) is 5.63. The molecule has 0 radical (unpaired) electrons. The molecule has 8 nitrogen and oxygen atoms in total. The third kappa shape index (κ3) is 5.88. The van der Waals surface area contributed by atoms with Crippen LogP contribution in [0.2, 0.25) is 5.02 Å². The minimum absolute atomic E-state index is 0.0607. The zero-order valence-corrected chi connectivity index (χ0v) is 19.5. The van der Waals surface area contributed by atoms with E-state index in [9.17, 15) is 14.4 Å². The Kier molecular flexibility index (Phi) is 7.23. The Morgan fingerprint density at radius 2 is 1.75 bits per heavy atom. The first-order valence-electron chi connectivity index (χ1n) is 10.8. The summed E-state index contributed by atoms with van der Waals surface area (Å²) in [6.45, 7) is 7.13. The van der Waals surface area contributed by atoms with Crippen molar-refractivity contribution < 1.29 is 14.4 Å². The standard InChI is InChI=1S/C23H30ClN5O3/c1-23(2,3)18-14-19(29(27-18)17-6-4-16(24)5-7-17)26-20(30)8-9-21(31)28-12-10-15(11-13-28)22(25)32/h4-7,14-15H,8-13H2,1-3H3,(H2,25,32)(H,26,30). The zero-order valence-electron chi connectivity index (χ0n) is 18.7. The number of nitrogens with zero attached hydrogens (tertiary/aromatic N) is 3. The van der Waals surface area contributed by atoms with Crippen LogP contribution in [0.3, 0.4) is 0 Å². The summed E-state index contributed by atoms with van der Waals surface area (Å²) < 4.78 is 1.67. The minimum atomic E-state index is -0.316. The van der Waals surface area contributed by atoms with Crippen molar-refractivity contribution in [2.75, 3.05) is 18.4 Å². The first-order valence-corrected chi connectivity index (χ1v) is 11.2. The molecule has 1 saturated heterocycles. The molecule has 0 spiro atoms. The number of nitrogens with one attached hydrogen (secondary N) is 1. The fourth-order valence-corrected chi connectivity index (χ4v) is 3.74. The molecule has 3 N–H and O–H groups in total. The van der Waals surface area contributed by atoms with Crippen LogP contribution < -0.4 is 11.1 Å². The maximum atomic E-state index is 12.6. The highest BCUT2D eigenvalue weighted by Crippen LogP contribution is 2.27. The summed E-state index contributed by atoms with van der Waals surface area (Å²) in [5, 5.41) is 8.18. The minimum Gasteiger partial charge on any atom is -0.369 e. The average Bonchev–Trinajstić information content (AvgIpc) is 3.17. The Morgan fingerprint density at radius 1 is 1.12 bits per heavy atom. The fraction of sp³-hybridized carbons (Fsp3) is 0.478. The molecule has 1 aliphatic heterocycles. The summed E-state index contributed by atoms with van der Waals surface area (Å²) in [4.78, 5) is 38.1. The number of amides is 3.